The van der Waals surface area contributed by atoms with Gasteiger partial charge in [-0.3, -0.25) is 0 Å². The molecule has 0 aromatic carbocycles. The van der Waals surface area contributed by atoms with E-state index in [1.165, 1.54) is 0 Å². The van der Waals surface area contributed by atoms with Crippen LogP contribution in [-0.2, 0) is 6.54 Å². The van der Waals surface area contributed by atoms with Crippen LogP contribution in [0, 0.1) is 6.92 Å². The third-order valence-electron chi connectivity index (χ3n) is 1.57. The second-order valence-corrected chi connectivity index (χ2v) is 2.90. The molecule has 0 fully saturated rings. The van der Waals surface area contributed by atoms with Crippen molar-refractivity contribution in [3.8, 4) is 0 Å². The lowest BCUT2D eigenvalue weighted by Crippen LogP contribution is -2.00. The Morgan fingerprint density at radius 1 is 1.55 bits per heavy atom. The second-order valence-electron chi connectivity index (χ2n) is 2.90. The third-order valence-corrected chi connectivity index (χ3v) is 1.57. The van der Waals surface area contributed by atoms with Crippen molar-refractivity contribution in [2.24, 2.45) is 5.73 Å². The Bertz CT molecular complexity index is 240. The maximum atomic E-state index is 5.47. The summed E-state index contributed by atoms with van der Waals surface area (Å²) in [5.74, 6) is 1.91. The Morgan fingerprint density at radius 3 is 2.55 bits per heavy atom. The van der Waals surface area contributed by atoms with Gasteiger partial charge in [0.1, 0.15) is 5.76 Å². The van der Waals surface area contributed by atoms with Crippen molar-refractivity contribution in [2.45, 2.75) is 33.2 Å². The molecule has 0 bridgehead atoms. The lowest BCUT2D eigenvalue weighted by molar-refractivity contribution is 0.474. The molecule has 0 radical (unpaired) electrons. The van der Waals surface area contributed by atoms with Crippen molar-refractivity contribution < 1.29 is 4.42 Å². The van der Waals surface area contributed by atoms with Crippen molar-refractivity contribution in [3.63, 3.8) is 0 Å². The molecule has 1 heterocycles. The highest BCUT2D eigenvalue weighted by molar-refractivity contribution is 5.13. The molecule has 1 aromatic rings. The lowest BCUT2D eigenvalue weighted by atomic mass is 10.1. The molecule has 1 rings (SSSR count). The van der Waals surface area contributed by atoms with Crippen LogP contribution >= 0.6 is 0 Å². The molecule has 3 nitrogen and oxygen atoms in total. The predicted molar refractivity (Wildman–Crippen MR) is 43.2 cm³/mol. The van der Waals surface area contributed by atoms with E-state index in [-0.39, 0.29) is 0 Å². The van der Waals surface area contributed by atoms with Gasteiger partial charge in [0.25, 0.3) is 0 Å². The smallest absolute Gasteiger partial charge is 0.191 e. The van der Waals surface area contributed by atoms with E-state index in [2.05, 4.69) is 18.8 Å². The van der Waals surface area contributed by atoms with Crippen molar-refractivity contribution >= 4 is 0 Å². The first-order chi connectivity index (χ1) is 5.15. The molecular weight excluding hydrogens is 140 g/mol. The molecule has 0 saturated carbocycles. The topological polar surface area (TPSA) is 52.0 Å². The molecule has 11 heavy (non-hydrogen) atoms. The molecule has 0 unspecified atom stereocenters. The van der Waals surface area contributed by atoms with Crippen LogP contribution in [0.5, 0.6) is 0 Å². The van der Waals surface area contributed by atoms with E-state index in [9.17, 15) is 0 Å². The fraction of sp³-hybridized carbons (Fsp3) is 0.625. The summed E-state index contributed by atoms with van der Waals surface area (Å²) in [6.45, 7) is 6.44. The zero-order chi connectivity index (χ0) is 8.43. The average molecular weight is 154 g/mol. The SMILES string of the molecule is Cc1nc(C(C)C)c(CN)o1. The normalized spacial score (nSPS) is 11.0. The van der Waals surface area contributed by atoms with E-state index in [0.29, 0.717) is 18.4 Å². The molecule has 3 heteroatoms. The highest BCUT2D eigenvalue weighted by Crippen LogP contribution is 2.18. The molecule has 62 valence electrons. The maximum absolute atomic E-state index is 5.47. The van der Waals surface area contributed by atoms with Gasteiger partial charge in [-0.2, -0.15) is 0 Å². The molecule has 2 N–H and O–H groups in total. The zero-order valence-electron chi connectivity index (χ0n) is 7.22. The van der Waals surface area contributed by atoms with Gasteiger partial charge < -0.3 is 10.2 Å². The Labute approximate surface area is 66.6 Å². The maximum Gasteiger partial charge on any atom is 0.191 e. The first-order valence-corrected chi connectivity index (χ1v) is 3.81. The van der Waals surface area contributed by atoms with E-state index >= 15 is 0 Å². The summed E-state index contributed by atoms with van der Waals surface area (Å²) < 4.78 is 5.29. The lowest BCUT2D eigenvalue weighted by Gasteiger charge is -1.99. The van der Waals surface area contributed by atoms with Crippen LogP contribution in [0.25, 0.3) is 0 Å². The minimum absolute atomic E-state index is 0.394. The number of aromatic nitrogens is 1. The number of nitrogens with two attached hydrogens (primary N) is 1. The van der Waals surface area contributed by atoms with Gasteiger partial charge in [-0.1, -0.05) is 13.8 Å². The first kappa shape index (κ1) is 8.27. The number of nitrogens with zero attached hydrogens (tertiary/aromatic N) is 1. The van der Waals surface area contributed by atoms with E-state index < -0.39 is 0 Å². The standard InChI is InChI=1S/C8H14N2O/c1-5(2)8-7(4-9)11-6(3)10-8/h5H,4,9H2,1-3H3. The van der Waals surface area contributed by atoms with Crippen LogP contribution in [-0.4, -0.2) is 4.98 Å². The van der Waals surface area contributed by atoms with Crippen LogP contribution in [0.1, 0.15) is 37.1 Å². The Morgan fingerprint density at radius 2 is 2.18 bits per heavy atom. The number of rotatable bonds is 2. The second kappa shape index (κ2) is 3.05. The van der Waals surface area contributed by atoms with Crippen LogP contribution < -0.4 is 5.73 Å². The Hall–Kier alpha value is -0.830. The van der Waals surface area contributed by atoms with Gasteiger partial charge in [0.15, 0.2) is 5.89 Å². The van der Waals surface area contributed by atoms with Crippen molar-refractivity contribution in [1.29, 1.82) is 0 Å². The number of hydrogen-bond donors (Lipinski definition) is 1. The zero-order valence-corrected chi connectivity index (χ0v) is 7.22. The molecule has 0 aliphatic carbocycles. The summed E-state index contributed by atoms with van der Waals surface area (Å²) in [6.07, 6.45) is 0. The van der Waals surface area contributed by atoms with Gasteiger partial charge in [-0.05, 0) is 5.92 Å². The largest absolute Gasteiger partial charge is 0.444 e. The van der Waals surface area contributed by atoms with E-state index in [0.717, 1.165) is 11.5 Å². The molecule has 0 amide bonds. The Kier molecular flexibility index (Phi) is 2.29. The molecular formula is C8H14N2O. The van der Waals surface area contributed by atoms with Crippen LogP contribution in [0.2, 0.25) is 0 Å². The highest BCUT2D eigenvalue weighted by atomic mass is 16.4. The molecule has 0 aliphatic heterocycles. The van der Waals surface area contributed by atoms with Gasteiger partial charge in [0.2, 0.25) is 0 Å². The summed E-state index contributed by atoms with van der Waals surface area (Å²) >= 11 is 0. The van der Waals surface area contributed by atoms with E-state index in [1.807, 2.05) is 6.92 Å². The fourth-order valence-electron chi connectivity index (χ4n) is 1.08. The summed E-state index contributed by atoms with van der Waals surface area (Å²) in [5.41, 5.74) is 6.46. The average Bonchev–Trinajstić information content (AvgIpc) is 2.30. The molecule has 1 aromatic heterocycles. The summed E-state index contributed by atoms with van der Waals surface area (Å²) in [4.78, 5) is 4.23. The third kappa shape index (κ3) is 1.60. The van der Waals surface area contributed by atoms with Gasteiger partial charge >= 0.3 is 0 Å². The van der Waals surface area contributed by atoms with Gasteiger partial charge in [-0.15, -0.1) is 0 Å². The highest BCUT2D eigenvalue weighted by Gasteiger charge is 2.11. The minimum Gasteiger partial charge on any atom is -0.444 e. The van der Waals surface area contributed by atoms with Crippen molar-refractivity contribution in [3.05, 3.63) is 17.3 Å². The van der Waals surface area contributed by atoms with Crippen molar-refractivity contribution in [2.75, 3.05) is 0 Å². The monoisotopic (exact) mass is 154 g/mol. The minimum atomic E-state index is 0.394. The predicted octanol–water partition coefficient (Wildman–Crippen LogP) is 1.57. The number of hydrogen-bond acceptors (Lipinski definition) is 3. The quantitative estimate of drug-likeness (QED) is 0.703. The van der Waals surface area contributed by atoms with Gasteiger partial charge in [0, 0.05) is 6.92 Å². The molecule has 0 atom stereocenters. The Balaban J connectivity index is 3.02. The van der Waals surface area contributed by atoms with Crippen LogP contribution in [0.3, 0.4) is 0 Å². The summed E-state index contributed by atoms with van der Waals surface area (Å²) in [5, 5.41) is 0. The molecule has 0 spiro atoms. The van der Waals surface area contributed by atoms with Crippen LogP contribution in [0.15, 0.2) is 4.42 Å². The van der Waals surface area contributed by atoms with Gasteiger partial charge in [0.05, 0.1) is 12.2 Å². The van der Waals surface area contributed by atoms with Crippen LogP contribution in [0.4, 0.5) is 0 Å². The molecule has 0 aliphatic rings. The van der Waals surface area contributed by atoms with Gasteiger partial charge in [-0.25, -0.2) is 4.98 Å². The van der Waals surface area contributed by atoms with Crippen molar-refractivity contribution in [1.82, 2.24) is 4.98 Å². The summed E-state index contributed by atoms with van der Waals surface area (Å²) in [6, 6.07) is 0. The number of oxazole rings is 1. The fourth-order valence-corrected chi connectivity index (χ4v) is 1.08. The first-order valence-electron chi connectivity index (χ1n) is 3.81. The molecule has 0 saturated heterocycles. The summed E-state index contributed by atoms with van der Waals surface area (Å²) in [7, 11) is 0. The van der Waals surface area contributed by atoms with E-state index in [4.69, 9.17) is 10.2 Å². The van der Waals surface area contributed by atoms with E-state index in [1.54, 1.807) is 0 Å². The number of aryl methyl sites for hydroxylation is 1.